The standard InChI is InChI=1S/C20H24FN5O2/c1-11-9-22-19(28-11)14-4-3-13(14)16-24-17-15(18(27)25-16)10-23-26(17)12-5-7-20(2,21)8-6-12/h9-10,12-14H,3-8H2,1-2H3,(H,24,25,27). The number of hydrogen-bond donors (Lipinski definition) is 1. The summed E-state index contributed by atoms with van der Waals surface area (Å²) < 4.78 is 21.7. The van der Waals surface area contributed by atoms with Gasteiger partial charge in [0.25, 0.3) is 5.56 Å². The summed E-state index contributed by atoms with van der Waals surface area (Å²) in [5.74, 6) is 2.37. The van der Waals surface area contributed by atoms with Gasteiger partial charge in [-0.2, -0.15) is 5.10 Å². The van der Waals surface area contributed by atoms with Crippen molar-refractivity contribution in [3.8, 4) is 0 Å². The normalized spacial score (nSPS) is 30.5. The predicted octanol–water partition coefficient (Wildman–Crippen LogP) is 3.92. The quantitative estimate of drug-likeness (QED) is 0.738. The lowest BCUT2D eigenvalue weighted by Gasteiger charge is -2.33. The molecule has 3 heterocycles. The number of alkyl halides is 1. The van der Waals surface area contributed by atoms with Crippen LogP contribution in [-0.2, 0) is 0 Å². The SMILES string of the molecule is Cc1cnc(C2CCC2c2nc3c(cnn3C3CCC(C)(F)CC3)c(=O)[nH]2)o1. The van der Waals surface area contributed by atoms with Crippen LogP contribution in [0.5, 0.6) is 0 Å². The first-order valence-electron chi connectivity index (χ1n) is 10.00. The Morgan fingerprint density at radius 3 is 2.61 bits per heavy atom. The molecule has 2 atom stereocenters. The molecule has 5 rings (SSSR count). The predicted molar refractivity (Wildman–Crippen MR) is 101 cm³/mol. The summed E-state index contributed by atoms with van der Waals surface area (Å²) in [7, 11) is 0. The number of halogens is 1. The van der Waals surface area contributed by atoms with Crippen molar-refractivity contribution in [2.45, 2.75) is 75.9 Å². The molecule has 148 valence electrons. The second-order valence-electron chi connectivity index (χ2n) is 8.52. The van der Waals surface area contributed by atoms with E-state index in [-0.39, 0.29) is 23.4 Å². The van der Waals surface area contributed by atoms with Gasteiger partial charge < -0.3 is 9.40 Å². The number of H-pyrrole nitrogens is 1. The van der Waals surface area contributed by atoms with E-state index in [2.05, 4.69) is 15.1 Å². The number of nitrogens with one attached hydrogen (secondary N) is 1. The van der Waals surface area contributed by atoms with E-state index in [1.165, 1.54) is 0 Å². The lowest BCUT2D eigenvalue weighted by Crippen LogP contribution is -2.29. The molecular formula is C20H24FN5O2. The second-order valence-corrected chi connectivity index (χ2v) is 8.52. The van der Waals surface area contributed by atoms with E-state index < -0.39 is 5.67 Å². The van der Waals surface area contributed by atoms with E-state index in [4.69, 9.17) is 9.40 Å². The fourth-order valence-corrected chi connectivity index (χ4v) is 4.51. The first kappa shape index (κ1) is 17.6. The summed E-state index contributed by atoms with van der Waals surface area (Å²) in [6.07, 6.45) is 7.60. The van der Waals surface area contributed by atoms with Crippen LogP contribution in [0.4, 0.5) is 4.39 Å². The molecule has 28 heavy (non-hydrogen) atoms. The Morgan fingerprint density at radius 2 is 1.96 bits per heavy atom. The summed E-state index contributed by atoms with van der Waals surface area (Å²) >= 11 is 0. The summed E-state index contributed by atoms with van der Waals surface area (Å²) in [6, 6.07) is 0.0788. The molecular weight excluding hydrogens is 361 g/mol. The molecule has 3 aromatic rings. The van der Waals surface area contributed by atoms with E-state index in [1.807, 2.05) is 11.6 Å². The minimum atomic E-state index is -1.11. The highest BCUT2D eigenvalue weighted by Crippen LogP contribution is 2.47. The molecule has 0 spiro atoms. The van der Waals surface area contributed by atoms with Gasteiger partial charge in [-0.25, -0.2) is 19.0 Å². The number of aromatic amines is 1. The van der Waals surface area contributed by atoms with Crippen molar-refractivity contribution in [1.29, 1.82) is 0 Å². The molecule has 3 aromatic heterocycles. The van der Waals surface area contributed by atoms with Gasteiger partial charge >= 0.3 is 0 Å². The summed E-state index contributed by atoms with van der Waals surface area (Å²) in [5, 5.41) is 4.92. The van der Waals surface area contributed by atoms with Crippen molar-refractivity contribution in [3.05, 3.63) is 40.2 Å². The molecule has 2 unspecified atom stereocenters. The second kappa shape index (κ2) is 6.25. The molecule has 2 aliphatic carbocycles. The van der Waals surface area contributed by atoms with Gasteiger partial charge in [0.1, 0.15) is 22.6 Å². The zero-order valence-corrected chi connectivity index (χ0v) is 16.1. The van der Waals surface area contributed by atoms with Gasteiger partial charge in [0.2, 0.25) is 0 Å². The topological polar surface area (TPSA) is 89.6 Å². The van der Waals surface area contributed by atoms with Gasteiger partial charge in [-0.05, 0) is 52.4 Å². The number of fused-ring (bicyclic) bond motifs is 1. The number of aromatic nitrogens is 5. The maximum atomic E-state index is 14.2. The smallest absolute Gasteiger partial charge is 0.262 e. The zero-order chi connectivity index (χ0) is 19.5. The molecule has 0 aliphatic heterocycles. The number of aryl methyl sites for hydroxylation is 1. The molecule has 2 aliphatic rings. The maximum Gasteiger partial charge on any atom is 0.262 e. The lowest BCUT2D eigenvalue weighted by molar-refractivity contribution is 0.103. The number of oxazole rings is 1. The highest BCUT2D eigenvalue weighted by atomic mass is 19.1. The Balaban J connectivity index is 1.49. The molecule has 0 saturated heterocycles. The maximum absolute atomic E-state index is 14.2. The van der Waals surface area contributed by atoms with Crippen LogP contribution in [0, 0.1) is 6.92 Å². The van der Waals surface area contributed by atoms with Crippen molar-refractivity contribution in [2.24, 2.45) is 0 Å². The van der Waals surface area contributed by atoms with Gasteiger partial charge in [-0.1, -0.05) is 0 Å². The van der Waals surface area contributed by atoms with Gasteiger partial charge in [-0.15, -0.1) is 0 Å². The third-order valence-corrected chi connectivity index (χ3v) is 6.41. The largest absolute Gasteiger partial charge is 0.446 e. The molecule has 8 heteroatoms. The van der Waals surface area contributed by atoms with Crippen LogP contribution in [0.3, 0.4) is 0 Å². The summed E-state index contributed by atoms with van der Waals surface area (Å²) in [4.78, 5) is 24.7. The van der Waals surface area contributed by atoms with Crippen LogP contribution in [0.2, 0.25) is 0 Å². The van der Waals surface area contributed by atoms with Crippen LogP contribution in [0.1, 0.15) is 80.8 Å². The van der Waals surface area contributed by atoms with Crippen LogP contribution in [0.25, 0.3) is 11.0 Å². The highest BCUT2D eigenvalue weighted by molar-refractivity contribution is 5.73. The molecule has 0 radical (unpaired) electrons. The van der Waals surface area contributed by atoms with Gasteiger partial charge in [-0.3, -0.25) is 4.79 Å². The van der Waals surface area contributed by atoms with Crippen LogP contribution < -0.4 is 5.56 Å². The third kappa shape index (κ3) is 2.86. The Kier molecular flexibility index (Phi) is 3.93. The fourth-order valence-electron chi connectivity index (χ4n) is 4.51. The Hall–Kier alpha value is -2.51. The molecule has 0 bridgehead atoms. The summed E-state index contributed by atoms with van der Waals surface area (Å²) in [5.41, 5.74) is -0.685. The monoisotopic (exact) mass is 385 g/mol. The first-order valence-corrected chi connectivity index (χ1v) is 10.00. The summed E-state index contributed by atoms with van der Waals surface area (Å²) in [6.45, 7) is 3.54. The van der Waals surface area contributed by atoms with E-state index in [0.29, 0.717) is 48.4 Å². The van der Waals surface area contributed by atoms with Gasteiger partial charge in [0.15, 0.2) is 11.5 Å². The molecule has 1 N–H and O–H groups in total. The van der Waals surface area contributed by atoms with Crippen LogP contribution in [-0.4, -0.2) is 30.4 Å². The Morgan fingerprint density at radius 1 is 1.21 bits per heavy atom. The molecule has 0 amide bonds. The average Bonchev–Trinajstić information content (AvgIpc) is 3.21. The van der Waals surface area contributed by atoms with Crippen molar-refractivity contribution in [2.75, 3.05) is 0 Å². The molecule has 2 saturated carbocycles. The lowest BCUT2D eigenvalue weighted by atomic mass is 9.73. The minimum Gasteiger partial charge on any atom is -0.446 e. The molecule has 2 fully saturated rings. The van der Waals surface area contributed by atoms with E-state index >= 15 is 0 Å². The number of hydrogen-bond acceptors (Lipinski definition) is 5. The van der Waals surface area contributed by atoms with E-state index in [9.17, 15) is 9.18 Å². The van der Waals surface area contributed by atoms with Gasteiger partial charge in [0.05, 0.1) is 18.4 Å². The van der Waals surface area contributed by atoms with Crippen molar-refractivity contribution in [1.82, 2.24) is 24.7 Å². The first-order chi connectivity index (χ1) is 13.4. The van der Waals surface area contributed by atoms with Crippen LogP contribution >= 0.6 is 0 Å². The van der Waals surface area contributed by atoms with Crippen LogP contribution in [0.15, 0.2) is 21.6 Å². The third-order valence-electron chi connectivity index (χ3n) is 6.41. The van der Waals surface area contributed by atoms with Crippen molar-refractivity contribution < 1.29 is 8.81 Å². The number of nitrogens with zero attached hydrogens (tertiary/aromatic N) is 4. The average molecular weight is 385 g/mol. The molecule has 7 nitrogen and oxygen atoms in total. The van der Waals surface area contributed by atoms with E-state index in [0.717, 1.165) is 18.6 Å². The van der Waals surface area contributed by atoms with Gasteiger partial charge in [0, 0.05) is 11.8 Å². The zero-order valence-electron chi connectivity index (χ0n) is 16.1. The van der Waals surface area contributed by atoms with E-state index in [1.54, 1.807) is 19.3 Å². The number of rotatable bonds is 3. The highest BCUT2D eigenvalue weighted by Gasteiger charge is 2.39. The Labute approximate surface area is 161 Å². The van der Waals surface area contributed by atoms with Crippen molar-refractivity contribution in [3.63, 3.8) is 0 Å². The fraction of sp³-hybridized carbons (Fsp3) is 0.600. The Bertz CT molecular complexity index is 1070. The minimum absolute atomic E-state index is 0.0788. The van der Waals surface area contributed by atoms with Crippen molar-refractivity contribution >= 4 is 11.0 Å². The molecule has 0 aromatic carbocycles.